The van der Waals surface area contributed by atoms with Crippen molar-refractivity contribution in [2.24, 2.45) is 5.92 Å². The van der Waals surface area contributed by atoms with Gasteiger partial charge in [-0.25, -0.2) is 4.42 Å². The number of aryl methyl sites for hydroxylation is 2. The zero-order chi connectivity index (χ0) is 31.2. The molecular weight excluding hydrogens is 552 g/mol. The second kappa shape index (κ2) is 17.7. The fraction of sp³-hybridized carbons (Fsp3) is 0.378. The number of halogens is 1. The molecule has 1 unspecified atom stereocenters. The monoisotopic (exact) mass is 600 g/mol. The van der Waals surface area contributed by atoms with Crippen molar-refractivity contribution in [3.05, 3.63) is 106 Å². The van der Waals surface area contributed by atoms with E-state index in [0.29, 0.717) is 11.5 Å². The van der Waals surface area contributed by atoms with Gasteiger partial charge < -0.3 is 15.5 Å². The van der Waals surface area contributed by atoms with E-state index in [-0.39, 0.29) is 5.91 Å². The maximum Gasteiger partial charge on any atom is 0.255 e. The molecule has 2 N–H and O–H groups in total. The summed E-state index contributed by atoms with van der Waals surface area (Å²) in [5.41, 5.74) is 6.29. The Morgan fingerprint density at radius 2 is 1.70 bits per heavy atom. The molecule has 0 saturated carbocycles. The molecule has 0 aromatic heterocycles. The van der Waals surface area contributed by atoms with E-state index >= 15 is 0 Å². The Bertz CT molecular complexity index is 1430. The van der Waals surface area contributed by atoms with Crippen LogP contribution in [0, 0.1) is 5.92 Å². The van der Waals surface area contributed by atoms with Crippen LogP contribution in [-0.4, -0.2) is 55.0 Å². The molecule has 3 aromatic carbocycles. The third kappa shape index (κ3) is 10.7. The summed E-state index contributed by atoms with van der Waals surface area (Å²) in [6, 6.07) is 20.3. The van der Waals surface area contributed by atoms with Gasteiger partial charge in [0.1, 0.15) is 0 Å². The first-order valence-electron chi connectivity index (χ1n) is 15.5. The summed E-state index contributed by atoms with van der Waals surface area (Å²) >= 11 is 6.00. The quantitative estimate of drug-likeness (QED) is 0.195. The van der Waals surface area contributed by atoms with Crippen LogP contribution in [0.15, 0.2) is 73.3 Å². The average Bonchev–Trinajstić information content (AvgIpc) is 3.04. The smallest absolute Gasteiger partial charge is 0.255 e. The van der Waals surface area contributed by atoms with Crippen molar-refractivity contribution < 1.29 is 4.79 Å². The molecular formula is C37H49ClN4O. The number of carbonyl (C=O) groups is 1. The number of piperazine rings is 1. The van der Waals surface area contributed by atoms with Crippen molar-refractivity contribution in [3.63, 3.8) is 0 Å². The fourth-order valence-electron chi connectivity index (χ4n) is 5.04. The van der Waals surface area contributed by atoms with E-state index in [2.05, 4.69) is 85.9 Å². The normalized spacial score (nSPS) is 14.9. The van der Waals surface area contributed by atoms with Gasteiger partial charge in [-0.1, -0.05) is 75.9 Å². The second-order valence-corrected chi connectivity index (χ2v) is 11.6. The van der Waals surface area contributed by atoms with Gasteiger partial charge in [-0.05, 0) is 94.8 Å². The number of nitrogens with one attached hydrogen (secondary N) is 2. The molecule has 43 heavy (non-hydrogen) atoms. The number of rotatable bonds is 11. The minimum absolute atomic E-state index is 0.0918. The number of amides is 1. The highest BCUT2D eigenvalue weighted by molar-refractivity contribution is 6.13. The Kier molecular flexibility index (Phi) is 14.0. The van der Waals surface area contributed by atoms with Gasteiger partial charge >= 0.3 is 0 Å². The van der Waals surface area contributed by atoms with Crippen LogP contribution in [0.25, 0.3) is 12.7 Å². The summed E-state index contributed by atoms with van der Waals surface area (Å²) in [6.07, 6.45) is 8.27. The first kappa shape index (κ1) is 34.1. The molecule has 230 valence electrons. The zero-order valence-electron chi connectivity index (χ0n) is 26.5. The summed E-state index contributed by atoms with van der Waals surface area (Å²) in [4.78, 5) is 15.0. The average molecular weight is 601 g/mol. The van der Waals surface area contributed by atoms with Crippen LogP contribution in [0.2, 0.25) is 0 Å². The van der Waals surface area contributed by atoms with Gasteiger partial charge in [0.05, 0.1) is 0 Å². The summed E-state index contributed by atoms with van der Waals surface area (Å²) in [5, 5.41) is 8.59. The van der Waals surface area contributed by atoms with Crippen LogP contribution in [0.4, 0.5) is 11.4 Å². The highest BCUT2D eigenvalue weighted by Gasteiger charge is 2.14. The van der Waals surface area contributed by atoms with Crippen LogP contribution in [0.5, 0.6) is 0 Å². The van der Waals surface area contributed by atoms with Crippen LogP contribution < -0.4 is 21.1 Å². The fourth-order valence-corrected chi connectivity index (χ4v) is 5.19. The van der Waals surface area contributed by atoms with E-state index in [1.807, 2.05) is 47.9 Å². The zero-order valence-corrected chi connectivity index (χ0v) is 27.2. The van der Waals surface area contributed by atoms with E-state index in [1.54, 1.807) is 0 Å². The van der Waals surface area contributed by atoms with Crippen LogP contribution in [0.1, 0.15) is 54.2 Å². The molecule has 0 spiro atoms. The highest BCUT2D eigenvalue weighted by Crippen LogP contribution is 2.19. The van der Waals surface area contributed by atoms with E-state index in [9.17, 15) is 4.79 Å². The minimum atomic E-state index is -0.0918. The van der Waals surface area contributed by atoms with Gasteiger partial charge in [-0.3, -0.25) is 4.79 Å². The van der Waals surface area contributed by atoms with Crippen LogP contribution >= 0.6 is 11.8 Å². The Hall–Kier alpha value is -3.38. The summed E-state index contributed by atoms with van der Waals surface area (Å²) in [6.45, 7) is 19.3. The number of hydrogen-bond acceptors (Lipinski definition) is 4. The van der Waals surface area contributed by atoms with Gasteiger partial charge in [0.25, 0.3) is 5.91 Å². The molecule has 1 aliphatic rings. The molecule has 4 rings (SSSR count). The topological polar surface area (TPSA) is 47.6 Å². The Labute approximate surface area is 264 Å². The van der Waals surface area contributed by atoms with Gasteiger partial charge in [-0.15, -0.1) is 6.58 Å². The van der Waals surface area contributed by atoms with E-state index in [1.165, 1.54) is 27.1 Å². The number of benzene rings is 3. The maximum absolute atomic E-state index is 12.6. The number of anilines is 2. The van der Waals surface area contributed by atoms with Crippen molar-refractivity contribution >= 4 is 41.7 Å². The molecule has 5 nitrogen and oxygen atoms in total. The predicted molar refractivity (Wildman–Crippen MR) is 186 cm³/mol. The van der Waals surface area contributed by atoms with Crippen molar-refractivity contribution in [1.82, 2.24) is 9.32 Å². The lowest BCUT2D eigenvalue weighted by Crippen LogP contribution is -2.43. The van der Waals surface area contributed by atoms with Crippen LogP contribution in [0.3, 0.4) is 0 Å². The largest absolute Gasteiger partial charge is 0.388 e. The lowest BCUT2D eigenvalue weighted by atomic mass is 10.0. The molecule has 1 saturated heterocycles. The number of carbonyl (C=O) groups excluding carboxylic acids is 1. The second-order valence-electron chi connectivity index (χ2n) is 11.1. The van der Waals surface area contributed by atoms with Crippen molar-refractivity contribution in [3.8, 4) is 0 Å². The first-order valence-corrected chi connectivity index (χ1v) is 15.8. The maximum atomic E-state index is 12.6. The van der Waals surface area contributed by atoms with Crippen LogP contribution in [-0.2, 0) is 19.3 Å². The molecule has 1 atom stereocenters. The molecule has 6 heteroatoms. The molecule has 1 amide bonds. The first-order chi connectivity index (χ1) is 20.8. The molecule has 3 aromatic rings. The third-order valence-corrected chi connectivity index (χ3v) is 8.41. The Morgan fingerprint density at radius 1 is 1.00 bits per heavy atom. The molecule has 0 aliphatic carbocycles. The van der Waals surface area contributed by atoms with Crippen molar-refractivity contribution in [1.29, 1.82) is 0 Å². The number of allylic oxidation sites excluding steroid dienone is 1. The molecule has 1 aliphatic heterocycles. The van der Waals surface area contributed by atoms with Crippen molar-refractivity contribution in [2.75, 3.05) is 50.4 Å². The minimum Gasteiger partial charge on any atom is -0.388 e. The summed E-state index contributed by atoms with van der Waals surface area (Å²) in [5.74, 6) is 0.445. The van der Waals surface area contributed by atoms with Gasteiger partial charge in [-0.2, -0.15) is 0 Å². The van der Waals surface area contributed by atoms with E-state index in [4.69, 9.17) is 11.8 Å². The standard InChI is InChI=1S/C22H29ClN4O.C15H20/c1-3-18-6-7-19(16-21(18)24-2)22(28)25-20-8-4-17(5-9-20)10-11-26-12-14-27(23)15-13-26;1-5-12(3)10-11-15-9-7-8-14(6-2)13(15)4/h4-9,16,24H,3,10-15H2,1-2H3,(H,25,28);5,7-9,11-12H,1,4,6,10H2,2-3H3/b;15-11-. The van der Waals surface area contributed by atoms with E-state index < -0.39 is 0 Å². The van der Waals surface area contributed by atoms with E-state index in [0.717, 1.165) is 69.8 Å². The summed E-state index contributed by atoms with van der Waals surface area (Å²) in [7, 11) is 1.88. The highest BCUT2D eigenvalue weighted by atomic mass is 35.5. The molecule has 0 bridgehead atoms. The molecule has 1 heterocycles. The van der Waals surface area contributed by atoms with Gasteiger partial charge in [0.2, 0.25) is 0 Å². The van der Waals surface area contributed by atoms with Gasteiger partial charge in [0.15, 0.2) is 0 Å². The lowest BCUT2D eigenvalue weighted by molar-refractivity contribution is 0.102. The molecule has 1 fully saturated rings. The third-order valence-electron chi connectivity index (χ3n) is 8.07. The Balaban J connectivity index is 0.000000285. The SMILES string of the molecule is C=CC(C)C/C=c1/cccc(CC)c1=C.CCc1ccc(C(=O)Nc2ccc(CCN3CCN(Cl)CC3)cc2)cc1NC. The van der Waals surface area contributed by atoms with Gasteiger partial charge in [0, 0.05) is 56.7 Å². The Morgan fingerprint density at radius 3 is 2.33 bits per heavy atom. The predicted octanol–water partition coefficient (Wildman–Crippen LogP) is 6.51. The lowest BCUT2D eigenvalue weighted by Gasteiger charge is -2.30. The number of nitrogens with zero attached hydrogens (tertiary/aromatic N) is 2. The van der Waals surface area contributed by atoms with Crippen molar-refractivity contribution in [2.45, 2.75) is 46.5 Å². The summed E-state index contributed by atoms with van der Waals surface area (Å²) < 4.78 is 1.85. The molecule has 0 radical (unpaired) electrons. The number of hydrogen-bond donors (Lipinski definition) is 2.